The maximum absolute atomic E-state index is 13.3. The maximum atomic E-state index is 13.3. The number of aromatic amines is 1. The van der Waals surface area contributed by atoms with Crippen molar-refractivity contribution in [3.63, 3.8) is 0 Å². The van der Waals surface area contributed by atoms with Crippen molar-refractivity contribution in [3.05, 3.63) is 50.7 Å². The SMILES string of the molecule is CCCCN(C(=O)c1ccc(S(=O)(=O)NC(C)C)cc1)c1c(N)n(CCC)c(=O)[nH]c1=O. The minimum Gasteiger partial charge on any atom is -0.383 e. The summed E-state index contributed by atoms with van der Waals surface area (Å²) < 4.78 is 28.4. The van der Waals surface area contributed by atoms with Crippen LogP contribution in [0.2, 0.25) is 0 Å². The van der Waals surface area contributed by atoms with Gasteiger partial charge in [-0.25, -0.2) is 17.9 Å². The fraction of sp³-hybridized carbons (Fsp3) is 0.476. The molecule has 11 heteroatoms. The summed E-state index contributed by atoms with van der Waals surface area (Å²) in [4.78, 5) is 41.6. The second-order valence-electron chi connectivity index (χ2n) is 7.76. The van der Waals surface area contributed by atoms with E-state index in [1.54, 1.807) is 13.8 Å². The van der Waals surface area contributed by atoms with Crippen molar-refractivity contribution in [1.82, 2.24) is 14.3 Å². The summed E-state index contributed by atoms with van der Waals surface area (Å²) in [5, 5.41) is 0. The van der Waals surface area contributed by atoms with Crippen LogP contribution < -0.4 is 26.6 Å². The Labute approximate surface area is 187 Å². The number of nitrogens with zero attached hydrogens (tertiary/aromatic N) is 2. The van der Waals surface area contributed by atoms with Crippen LogP contribution in [-0.2, 0) is 16.6 Å². The van der Waals surface area contributed by atoms with Crippen LogP contribution in [-0.4, -0.2) is 36.5 Å². The van der Waals surface area contributed by atoms with E-state index in [-0.39, 0.29) is 34.6 Å². The number of sulfonamides is 1. The van der Waals surface area contributed by atoms with Gasteiger partial charge in [0.05, 0.1) is 4.90 Å². The van der Waals surface area contributed by atoms with Gasteiger partial charge in [-0.1, -0.05) is 20.3 Å². The minimum absolute atomic E-state index is 0.0247. The van der Waals surface area contributed by atoms with Crippen LogP contribution in [0.15, 0.2) is 38.8 Å². The number of benzene rings is 1. The normalized spacial score (nSPS) is 11.7. The van der Waals surface area contributed by atoms with Crippen LogP contribution in [0.1, 0.15) is 57.3 Å². The standard InChI is InChI=1S/C21H31N5O5S/c1-5-7-13-25(17-18(22)26(12-6-2)21(29)23-19(17)27)20(28)15-8-10-16(11-9-15)32(30,31)24-14(3)4/h8-11,14,24H,5-7,12-13,22H2,1-4H3,(H,23,27,29). The molecule has 0 aliphatic rings. The number of aromatic nitrogens is 2. The first-order valence-corrected chi connectivity index (χ1v) is 12.1. The third kappa shape index (κ3) is 5.65. The molecule has 0 aliphatic carbocycles. The lowest BCUT2D eigenvalue weighted by Crippen LogP contribution is -2.41. The molecular weight excluding hydrogens is 434 g/mol. The van der Waals surface area contributed by atoms with Crippen molar-refractivity contribution in [1.29, 1.82) is 0 Å². The molecule has 0 saturated heterocycles. The van der Waals surface area contributed by atoms with E-state index in [1.807, 2.05) is 13.8 Å². The number of carbonyl (C=O) groups is 1. The highest BCUT2D eigenvalue weighted by molar-refractivity contribution is 7.89. The van der Waals surface area contributed by atoms with E-state index in [1.165, 1.54) is 33.7 Å². The van der Waals surface area contributed by atoms with Crippen molar-refractivity contribution in [2.24, 2.45) is 0 Å². The lowest BCUT2D eigenvalue weighted by Gasteiger charge is -2.24. The molecule has 0 spiro atoms. The van der Waals surface area contributed by atoms with Crippen molar-refractivity contribution in [2.75, 3.05) is 17.2 Å². The van der Waals surface area contributed by atoms with Gasteiger partial charge in [0.1, 0.15) is 5.82 Å². The fourth-order valence-electron chi connectivity index (χ4n) is 3.23. The van der Waals surface area contributed by atoms with E-state index >= 15 is 0 Å². The smallest absolute Gasteiger partial charge is 0.330 e. The number of nitrogens with one attached hydrogen (secondary N) is 2. The Morgan fingerprint density at radius 1 is 1.16 bits per heavy atom. The molecule has 2 aromatic rings. The summed E-state index contributed by atoms with van der Waals surface area (Å²) in [7, 11) is -3.71. The van der Waals surface area contributed by atoms with E-state index in [2.05, 4.69) is 9.71 Å². The second kappa shape index (κ2) is 10.6. The van der Waals surface area contributed by atoms with Crippen molar-refractivity contribution >= 4 is 27.4 Å². The number of nitrogens with two attached hydrogens (primary N) is 1. The molecule has 10 nitrogen and oxygen atoms in total. The van der Waals surface area contributed by atoms with E-state index < -0.39 is 27.2 Å². The van der Waals surface area contributed by atoms with Crippen molar-refractivity contribution in [3.8, 4) is 0 Å². The van der Waals surface area contributed by atoms with Crippen LogP contribution in [0, 0.1) is 0 Å². The van der Waals surface area contributed by atoms with Crippen molar-refractivity contribution < 1.29 is 13.2 Å². The monoisotopic (exact) mass is 465 g/mol. The predicted octanol–water partition coefficient (Wildman–Crippen LogP) is 1.66. The summed E-state index contributed by atoms with van der Waals surface area (Å²) in [5.41, 5.74) is 4.87. The molecule has 1 amide bonds. The Hall–Kier alpha value is -2.92. The van der Waals surface area contributed by atoms with E-state index in [4.69, 9.17) is 5.73 Å². The maximum Gasteiger partial charge on any atom is 0.330 e. The number of rotatable bonds is 10. The summed E-state index contributed by atoms with van der Waals surface area (Å²) in [5.74, 6) is -0.594. The Morgan fingerprint density at radius 3 is 2.31 bits per heavy atom. The predicted molar refractivity (Wildman–Crippen MR) is 125 cm³/mol. The van der Waals surface area contributed by atoms with Gasteiger partial charge >= 0.3 is 5.69 Å². The third-order valence-corrected chi connectivity index (χ3v) is 6.39. The zero-order valence-corrected chi connectivity index (χ0v) is 19.7. The zero-order valence-electron chi connectivity index (χ0n) is 18.8. The van der Waals surface area contributed by atoms with Gasteiger partial charge in [0.25, 0.3) is 11.5 Å². The average molecular weight is 466 g/mol. The number of nitrogen functional groups attached to an aromatic ring is 1. The largest absolute Gasteiger partial charge is 0.383 e. The summed E-state index contributed by atoms with van der Waals surface area (Å²) in [6.45, 7) is 7.72. The number of carbonyl (C=O) groups excluding carboxylic acids is 1. The molecule has 1 aromatic carbocycles. The highest BCUT2D eigenvalue weighted by Gasteiger charge is 2.25. The summed E-state index contributed by atoms with van der Waals surface area (Å²) >= 11 is 0. The Bertz CT molecular complexity index is 1170. The molecule has 1 heterocycles. The number of anilines is 2. The molecule has 32 heavy (non-hydrogen) atoms. The van der Waals surface area contributed by atoms with Crippen molar-refractivity contribution in [2.45, 2.75) is 64.4 Å². The Kier molecular flexibility index (Phi) is 8.39. The highest BCUT2D eigenvalue weighted by Crippen LogP contribution is 2.21. The Morgan fingerprint density at radius 2 is 1.78 bits per heavy atom. The Balaban J connectivity index is 2.51. The molecule has 2 rings (SSSR count). The molecule has 0 atom stereocenters. The second-order valence-corrected chi connectivity index (χ2v) is 9.47. The van der Waals surface area contributed by atoms with E-state index in [9.17, 15) is 22.8 Å². The summed E-state index contributed by atoms with van der Waals surface area (Å²) in [6.07, 6.45) is 1.97. The molecule has 0 unspecified atom stereocenters. The molecular formula is C21H31N5O5S. The van der Waals surface area contributed by atoms with Gasteiger partial charge < -0.3 is 10.6 Å². The van der Waals surface area contributed by atoms with Gasteiger partial charge in [0.2, 0.25) is 10.0 Å². The highest BCUT2D eigenvalue weighted by atomic mass is 32.2. The lowest BCUT2D eigenvalue weighted by molar-refractivity contribution is 0.0986. The number of H-pyrrole nitrogens is 1. The summed E-state index contributed by atoms with van der Waals surface area (Å²) in [6, 6.07) is 5.17. The molecule has 4 N–H and O–H groups in total. The van der Waals surface area contributed by atoms with E-state index in [0.717, 1.165) is 6.42 Å². The van der Waals surface area contributed by atoms with Gasteiger partial charge in [-0.05, 0) is 51.0 Å². The number of hydrogen-bond acceptors (Lipinski definition) is 6. The van der Waals surface area contributed by atoms with Gasteiger partial charge in [0, 0.05) is 24.7 Å². The van der Waals surface area contributed by atoms with Crippen LogP contribution in [0.3, 0.4) is 0 Å². The number of hydrogen-bond donors (Lipinski definition) is 3. The molecule has 176 valence electrons. The first-order chi connectivity index (χ1) is 15.0. The first-order valence-electron chi connectivity index (χ1n) is 10.6. The van der Waals surface area contributed by atoms with Gasteiger partial charge in [0.15, 0.2) is 5.69 Å². The van der Waals surface area contributed by atoms with Gasteiger partial charge in [-0.3, -0.25) is 19.1 Å². The average Bonchev–Trinajstić information content (AvgIpc) is 2.72. The zero-order chi connectivity index (χ0) is 24.1. The molecule has 0 radical (unpaired) electrons. The molecule has 0 bridgehead atoms. The third-order valence-electron chi connectivity index (χ3n) is 4.71. The first kappa shape index (κ1) is 25.3. The van der Waals surface area contributed by atoms with Crippen LogP contribution in [0.4, 0.5) is 11.5 Å². The van der Waals surface area contributed by atoms with E-state index in [0.29, 0.717) is 19.4 Å². The van der Waals surface area contributed by atoms with Crippen LogP contribution in [0.25, 0.3) is 0 Å². The fourth-order valence-corrected chi connectivity index (χ4v) is 4.48. The minimum atomic E-state index is -3.71. The molecule has 0 saturated carbocycles. The quantitative estimate of drug-likeness (QED) is 0.486. The molecule has 0 fully saturated rings. The molecule has 1 aromatic heterocycles. The van der Waals surface area contributed by atoms with Crippen LogP contribution >= 0.6 is 0 Å². The number of amides is 1. The topological polar surface area (TPSA) is 147 Å². The lowest BCUT2D eigenvalue weighted by atomic mass is 10.1. The van der Waals surface area contributed by atoms with Crippen LogP contribution in [0.5, 0.6) is 0 Å². The van der Waals surface area contributed by atoms with Gasteiger partial charge in [-0.15, -0.1) is 0 Å². The van der Waals surface area contributed by atoms with Gasteiger partial charge in [-0.2, -0.15) is 0 Å². The molecule has 0 aliphatic heterocycles. The number of unbranched alkanes of at least 4 members (excludes halogenated alkanes) is 1.